The number of nitrogens with one attached hydrogen (secondary N) is 1. The number of aromatic nitrogens is 3. The SMILES string of the molecule is CCOC(=O)c1ccc(NC(=O)CCCn2nnc3cc(S(=O)(=O)N4CCCC4)ccc32)cc1. The quantitative estimate of drug-likeness (QED) is 0.462. The maximum Gasteiger partial charge on any atom is 0.338 e. The summed E-state index contributed by atoms with van der Waals surface area (Å²) in [6, 6.07) is 11.4. The number of fused-ring (bicyclic) bond motifs is 1. The summed E-state index contributed by atoms with van der Waals surface area (Å²) in [5.41, 5.74) is 2.24. The molecule has 180 valence electrons. The van der Waals surface area contributed by atoms with Crippen molar-refractivity contribution in [1.82, 2.24) is 19.3 Å². The maximum atomic E-state index is 12.8. The Morgan fingerprint density at radius 3 is 2.53 bits per heavy atom. The van der Waals surface area contributed by atoms with Crippen molar-refractivity contribution in [3.63, 3.8) is 0 Å². The van der Waals surface area contributed by atoms with E-state index in [0.29, 0.717) is 49.4 Å². The van der Waals surface area contributed by atoms with E-state index in [-0.39, 0.29) is 17.2 Å². The van der Waals surface area contributed by atoms with E-state index < -0.39 is 16.0 Å². The summed E-state index contributed by atoms with van der Waals surface area (Å²) >= 11 is 0. The molecular formula is C23H27N5O5S. The third-order valence-electron chi connectivity index (χ3n) is 5.64. The van der Waals surface area contributed by atoms with Crippen LogP contribution in [0.5, 0.6) is 0 Å². The molecule has 0 spiro atoms. The summed E-state index contributed by atoms with van der Waals surface area (Å²) in [6.45, 7) is 3.60. The van der Waals surface area contributed by atoms with Crippen LogP contribution < -0.4 is 5.32 Å². The fourth-order valence-electron chi connectivity index (χ4n) is 3.87. The van der Waals surface area contributed by atoms with Crippen LogP contribution in [-0.4, -0.2) is 59.3 Å². The smallest absolute Gasteiger partial charge is 0.338 e. The van der Waals surface area contributed by atoms with Gasteiger partial charge in [-0.05, 0) is 68.7 Å². The van der Waals surface area contributed by atoms with Crippen molar-refractivity contribution in [3.05, 3.63) is 48.0 Å². The van der Waals surface area contributed by atoms with Crippen LogP contribution in [0.1, 0.15) is 43.0 Å². The predicted molar refractivity (Wildman–Crippen MR) is 126 cm³/mol. The Morgan fingerprint density at radius 2 is 1.82 bits per heavy atom. The number of anilines is 1. The molecule has 0 aliphatic carbocycles. The van der Waals surface area contributed by atoms with E-state index >= 15 is 0 Å². The van der Waals surface area contributed by atoms with Crippen LogP contribution >= 0.6 is 0 Å². The van der Waals surface area contributed by atoms with Crippen LogP contribution in [0.25, 0.3) is 11.0 Å². The van der Waals surface area contributed by atoms with Gasteiger partial charge in [0.1, 0.15) is 5.52 Å². The number of benzene rings is 2. The molecule has 1 aromatic heterocycles. The van der Waals surface area contributed by atoms with Crippen LogP contribution in [-0.2, 0) is 26.1 Å². The van der Waals surface area contributed by atoms with E-state index in [9.17, 15) is 18.0 Å². The number of rotatable bonds is 9. The molecule has 2 heterocycles. The molecule has 1 saturated heterocycles. The summed E-state index contributed by atoms with van der Waals surface area (Å²) in [6.07, 6.45) is 2.55. The number of nitrogens with zero attached hydrogens (tertiary/aromatic N) is 4. The first-order valence-corrected chi connectivity index (χ1v) is 12.7. The Labute approximate surface area is 197 Å². The summed E-state index contributed by atoms with van der Waals surface area (Å²) in [5.74, 6) is -0.562. The Balaban J connectivity index is 1.32. The van der Waals surface area contributed by atoms with Gasteiger partial charge in [0.25, 0.3) is 0 Å². The molecule has 11 heteroatoms. The minimum Gasteiger partial charge on any atom is -0.462 e. The summed E-state index contributed by atoms with van der Waals surface area (Å²) in [5, 5.41) is 11.0. The lowest BCUT2D eigenvalue weighted by Gasteiger charge is -2.15. The van der Waals surface area contributed by atoms with Gasteiger partial charge in [-0.15, -0.1) is 5.10 Å². The third kappa shape index (κ3) is 5.26. The molecule has 3 aromatic rings. The number of carbonyl (C=O) groups is 2. The number of carbonyl (C=O) groups excluding carboxylic acids is 2. The van der Waals surface area contributed by atoms with Crippen molar-refractivity contribution in [2.75, 3.05) is 25.0 Å². The number of esters is 1. The summed E-state index contributed by atoms with van der Waals surface area (Å²) in [4.78, 5) is 24.2. The average Bonchev–Trinajstić information content (AvgIpc) is 3.50. The van der Waals surface area contributed by atoms with Crippen LogP contribution in [0.4, 0.5) is 5.69 Å². The average molecular weight is 486 g/mol. The number of hydrogen-bond acceptors (Lipinski definition) is 7. The van der Waals surface area contributed by atoms with E-state index in [1.54, 1.807) is 54.1 Å². The molecule has 1 aliphatic heterocycles. The molecule has 1 N–H and O–H groups in total. The van der Waals surface area contributed by atoms with Gasteiger partial charge in [0, 0.05) is 31.7 Å². The van der Waals surface area contributed by atoms with E-state index in [2.05, 4.69) is 15.6 Å². The van der Waals surface area contributed by atoms with Gasteiger partial charge in [0.15, 0.2) is 0 Å². The minimum atomic E-state index is -3.51. The normalized spacial score (nSPS) is 14.4. The van der Waals surface area contributed by atoms with Crippen molar-refractivity contribution in [1.29, 1.82) is 0 Å². The van der Waals surface area contributed by atoms with Gasteiger partial charge in [-0.25, -0.2) is 17.9 Å². The molecule has 0 saturated carbocycles. The standard InChI is InChI=1S/C23H27N5O5S/c1-2-33-23(30)17-7-9-18(10-8-17)24-22(29)6-5-15-28-21-12-11-19(16-20(21)25-26-28)34(31,32)27-13-3-4-14-27/h7-12,16H,2-6,13-15H2,1H3,(H,24,29). The first-order valence-electron chi connectivity index (χ1n) is 11.3. The minimum absolute atomic E-state index is 0.160. The molecule has 34 heavy (non-hydrogen) atoms. The van der Waals surface area contributed by atoms with Gasteiger partial charge in [-0.2, -0.15) is 4.31 Å². The summed E-state index contributed by atoms with van der Waals surface area (Å²) in [7, 11) is -3.51. The highest BCUT2D eigenvalue weighted by Gasteiger charge is 2.27. The van der Waals surface area contributed by atoms with Crippen LogP contribution in [0, 0.1) is 0 Å². The molecule has 1 fully saturated rings. The Kier molecular flexibility index (Phi) is 7.23. The molecule has 0 bridgehead atoms. The van der Waals surface area contributed by atoms with Crippen molar-refractivity contribution in [2.45, 2.75) is 44.0 Å². The molecule has 0 radical (unpaired) electrons. The second kappa shape index (κ2) is 10.3. The lowest BCUT2D eigenvalue weighted by molar-refractivity contribution is -0.116. The first-order chi connectivity index (χ1) is 16.4. The van der Waals surface area contributed by atoms with E-state index in [4.69, 9.17) is 4.74 Å². The van der Waals surface area contributed by atoms with E-state index in [0.717, 1.165) is 18.4 Å². The molecule has 0 atom stereocenters. The van der Waals surface area contributed by atoms with Crippen molar-refractivity contribution >= 4 is 38.6 Å². The zero-order valence-electron chi connectivity index (χ0n) is 18.9. The van der Waals surface area contributed by atoms with Crippen molar-refractivity contribution in [2.24, 2.45) is 0 Å². The highest BCUT2D eigenvalue weighted by Crippen LogP contribution is 2.24. The summed E-state index contributed by atoms with van der Waals surface area (Å²) < 4.78 is 33.6. The molecule has 10 nitrogen and oxygen atoms in total. The van der Waals surface area contributed by atoms with Gasteiger partial charge in [-0.1, -0.05) is 5.21 Å². The topological polar surface area (TPSA) is 123 Å². The van der Waals surface area contributed by atoms with Crippen molar-refractivity contribution < 1.29 is 22.7 Å². The van der Waals surface area contributed by atoms with Crippen LogP contribution in [0.3, 0.4) is 0 Å². The van der Waals surface area contributed by atoms with E-state index in [1.165, 1.54) is 4.31 Å². The predicted octanol–water partition coefficient (Wildman–Crippen LogP) is 2.81. The van der Waals surface area contributed by atoms with Gasteiger partial charge in [0.05, 0.1) is 22.6 Å². The van der Waals surface area contributed by atoms with Gasteiger partial charge in [0.2, 0.25) is 15.9 Å². The van der Waals surface area contributed by atoms with Gasteiger partial charge >= 0.3 is 5.97 Å². The fourth-order valence-corrected chi connectivity index (χ4v) is 5.41. The highest BCUT2D eigenvalue weighted by molar-refractivity contribution is 7.89. The Morgan fingerprint density at radius 1 is 1.09 bits per heavy atom. The molecule has 4 rings (SSSR count). The Hall–Kier alpha value is -3.31. The lowest BCUT2D eigenvalue weighted by Crippen LogP contribution is -2.27. The first kappa shape index (κ1) is 23.8. The second-order valence-electron chi connectivity index (χ2n) is 8.02. The molecule has 0 unspecified atom stereocenters. The number of amides is 1. The fraction of sp³-hybridized carbons (Fsp3) is 0.391. The number of sulfonamides is 1. The molecule has 2 aromatic carbocycles. The van der Waals surface area contributed by atoms with Crippen LogP contribution in [0.2, 0.25) is 0 Å². The largest absolute Gasteiger partial charge is 0.462 e. The number of hydrogen-bond donors (Lipinski definition) is 1. The number of aryl methyl sites for hydroxylation is 1. The second-order valence-corrected chi connectivity index (χ2v) is 9.96. The third-order valence-corrected chi connectivity index (χ3v) is 7.54. The monoisotopic (exact) mass is 485 g/mol. The zero-order valence-corrected chi connectivity index (χ0v) is 19.8. The van der Waals surface area contributed by atoms with Crippen LogP contribution in [0.15, 0.2) is 47.4 Å². The molecule has 1 amide bonds. The lowest BCUT2D eigenvalue weighted by atomic mass is 10.2. The number of ether oxygens (including phenoxy) is 1. The van der Waals surface area contributed by atoms with Gasteiger partial charge in [-0.3, -0.25) is 4.79 Å². The highest BCUT2D eigenvalue weighted by atomic mass is 32.2. The van der Waals surface area contributed by atoms with Gasteiger partial charge < -0.3 is 10.1 Å². The Bertz CT molecular complexity index is 1280. The molecule has 1 aliphatic rings. The zero-order chi connectivity index (χ0) is 24.1. The molecular weight excluding hydrogens is 458 g/mol. The van der Waals surface area contributed by atoms with Crippen molar-refractivity contribution in [3.8, 4) is 0 Å². The van der Waals surface area contributed by atoms with E-state index in [1.807, 2.05) is 0 Å². The maximum absolute atomic E-state index is 12.8.